The molecule has 0 spiro atoms. The van der Waals surface area contributed by atoms with E-state index in [1.807, 2.05) is 0 Å². The van der Waals surface area contributed by atoms with Crippen molar-refractivity contribution in [2.75, 3.05) is 13.7 Å². The van der Waals surface area contributed by atoms with Gasteiger partial charge < -0.3 is 10.5 Å². The average molecular weight is 276 g/mol. The van der Waals surface area contributed by atoms with E-state index in [9.17, 15) is 8.42 Å². The Kier molecular flexibility index (Phi) is 3.20. The van der Waals surface area contributed by atoms with E-state index in [0.29, 0.717) is 11.4 Å². The molecule has 94 valence electrons. The average Bonchev–Trinajstić information content (AvgIpc) is 2.92. The fraction of sp³-hybridized carbons (Fsp3) is 0.455. The largest absolute Gasteiger partial charge is 0.383 e. The van der Waals surface area contributed by atoms with Crippen molar-refractivity contribution in [1.29, 1.82) is 0 Å². The topological polar surface area (TPSA) is 69.4 Å². The predicted molar refractivity (Wildman–Crippen MR) is 65.8 cm³/mol. The molecular formula is C11H14ClNO3S. The number of methoxy groups -OCH3 is 1. The molecular weight excluding hydrogens is 262 g/mol. The molecule has 1 aromatic carbocycles. The van der Waals surface area contributed by atoms with Crippen LogP contribution in [0.15, 0.2) is 29.2 Å². The lowest BCUT2D eigenvalue weighted by molar-refractivity contribution is 0.173. The SMILES string of the molecule is COC[C@@]1(N)C[C@H]1S(=O)(=O)c1ccc(Cl)cc1. The number of nitrogens with two attached hydrogens (primary N) is 1. The second-order valence-electron chi connectivity index (χ2n) is 4.36. The van der Waals surface area contributed by atoms with Crippen molar-refractivity contribution in [2.45, 2.75) is 22.1 Å². The zero-order valence-corrected chi connectivity index (χ0v) is 11.0. The molecule has 1 aliphatic rings. The van der Waals surface area contributed by atoms with E-state index in [0.717, 1.165) is 0 Å². The number of ether oxygens (including phenoxy) is 1. The molecule has 1 saturated carbocycles. The van der Waals surface area contributed by atoms with E-state index >= 15 is 0 Å². The maximum atomic E-state index is 12.2. The van der Waals surface area contributed by atoms with Crippen molar-refractivity contribution in [3.05, 3.63) is 29.3 Å². The standard InChI is InChI=1S/C11H14ClNO3S/c1-16-7-11(13)6-10(11)17(14,15)9-4-2-8(12)3-5-9/h2-5,10H,6-7,13H2,1H3/t10-,11+/m1/s1. The highest BCUT2D eigenvalue weighted by Crippen LogP contribution is 2.42. The van der Waals surface area contributed by atoms with Gasteiger partial charge >= 0.3 is 0 Å². The van der Waals surface area contributed by atoms with Crippen molar-refractivity contribution in [2.24, 2.45) is 5.73 Å². The van der Waals surface area contributed by atoms with Crippen molar-refractivity contribution in [1.82, 2.24) is 0 Å². The van der Waals surface area contributed by atoms with Crippen LogP contribution in [0.25, 0.3) is 0 Å². The molecule has 0 radical (unpaired) electrons. The minimum Gasteiger partial charge on any atom is -0.383 e. The maximum absolute atomic E-state index is 12.2. The molecule has 1 aliphatic carbocycles. The van der Waals surface area contributed by atoms with Crippen LogP contribution in [0.3, 0.4) is 0 Å². The molecule has 6 heteroatoms. The summed E-state index contributed by atoms with van der Waals surface area (Å²) in [5.74, 6) is 0. The summed E-state index contributed by atoms with van der Waals surface area (Å²) in [6, 6.07) is 6.13. The van der Waals surface area contributed by atoms with E-state index < -0.39 is 20.6 Å². The molecule has 2 atom stereocenters. The summed E-state index contributed by atoms with van der Waals surface area (Å²) in [6.45, 7) is 0.254. The van der Waals surface area contributed by atoms with Crippen molar-refractivity contribution < 1.29 is 13.2 Å². The zero-order valence-electron chi connectivity index (χ0n) is 9.39. The highest BCUT2D eigenvalue weighted by atomic mass is 35.5. The van der Waals surface area contributed by atoms with Gasteiger partial charge in [0.25, 0.3) is 0 Å². The lowest BCUT2D eigenvalue weighted by Crippen LogP contribution is -2.35. The third-order valence-corrected chi connectivity index (χ3v) is 5.54. The first-order valence-corrected chi connectivity index (χ1v) is 7.10. The van der Waals surface area contributed by atoms with Crippen LogP contribution in [-0.2, 0) is 14.6 Å². The second-order valence-corrected chi connectivity index (χ2v) is 6.92. The van der Waals surface area contributed by atoms with Gasteiger partial charge in [-0.3, -0.25) is 0 Å². The first-order chi connectivity index (χ1) is 7.90. The van der Waals surface area contributed by atoms with Crippen LogP contribution in [0.1, 0.15) is 6.42 Å². The summed E-state index contributed by atoms with van der Waals surface area (Å²) in [7, 11) is -1.86. The van der Waals surface area contributed by atoms with E-state index in [2.05, 4.69) is 0 Å². The molecule has 17 heavy (non-hydrogen) atoms. The highest BCUT2D eigenvalue weighted by molar-refractivity contribution is 7.92. The fourth-order valence-electron chi connectivity index (χ4n) is 1.91. The van der Waals surface area contributed by atoms with E-state index in [-0.39, 0.29) is 11.5 Å². The highest BCUT2D eigenvalue weighted by Gasteiger charge is 2.59. The summed E-state index contributed by atoms with van der Waals surface area (Å²) >= 11 is 5.72. The molecule has 4 nitrogen and oxygen atoms in total. The molecule has 2 N–H and O–H groups in total. The van der Waals surface area contributed by atoms with Gasteiger partial charge in [-0.05, 0) is 30.7 Å². The number of rotatable bonds is 4. The van der Waals surface area contributed by atoms with Gasteiger partial charge in [0.1, 0.15) is 0 Å². The van der Waals surface area contributed by atoms with Gasteiger partial charge in [-0.2, -0.15) is 0 Å². The Hall–Kier alpha value is -0.620. The van der Waals surface area contributed by atoms with Crippen LogP contribution in [0.5, 0.6) is 0 Å². The number of hydrogen-bond acceptors (Lipinski definition) is 4. The van der Waals surface area contributed by atoms with Gasteiger partial charge in [0.05, 0.1) is 22.3 Å². The van der Waals surface area contributed by atoms with Gasteiger partial charge in [-0.15, -0.1) is 0 Å². The molecule has 0 heterocycles. The normalized spacial score (nSPS) is 28.1. The fourth-order valence-corrected chi connectivity index (χ4v) is 4.10. The third-order valence-electron chi connectivity index (χ3n) is 2.98. The Labute approximate surface area is 106 Å². The number of hydrogen-bond donors (Lipinski definition) is 1. The van der Waals surface area contributed by atoms with Crippen LogP contribution in [0.2, 0.25) is 5.02 Å². The van der Waals surface area contributed by atoms with Gasteiger partial charge in [-0.25, -0.2) is 8.42 Å². The maximum Gasteiger partial charge on any atom is 0.183 e. The van der Waals surface area contributed by atoms with Crippen LogP contribution in [-0.4, -0.2) is 32.9 Å². The Morgan fingerprint density at radius 3 is 2.59 bits per heavy atom. The van der Waals surface area contributed by atoms with Gasteiger partial charge in [0.2, 0.25) is 0 Å². The quantitative estimate of drug-likeness (QED) is 0.897. The second kappa shape index (κ2) is 4.24. The van der Waals surface area contributed by atoms with E-state index in [1.165, 1.54) is 19.2 Å². The third kappa shape index (κ3) is 2.33. The molecule has 1 fully saturated rings. The molecule has 0 unspecified atom stereocenters. The monoisotopic (exact) mass is 275 g/mol. The van der Waals surface area contributed by atoms with E-state index in [1.54, 1.807) is 12.1 Å². The Morgan fingerprint density at radius 2 is 2.06 bits per heavy atom. The minimum atomic E-state index is -3.38. The predicted octanol–water partition coefficient (Wildman–Crippen LogP) is 1.23. The molecule has 0 bridgehead atoms. The molecule has 0 aromatic heterocycles. The van der Waals surface area contributed by atoms with Gasteiger partial charge in [-0.1, -0.05) is 11.6 Å². The number of benzene rings is 1. The van der Waals surface area contributed by atoms with Crippen LogP contribution >= 0.6 is 11.6 Å². The molecule has 1 aromatic rings. The summed E-state index contributed by atoms with van der Waals surface area (Å²) in [6.07, 6.45) is 0.436. The summed E-state index contributed by atoms with van der Waals surface area (Å²) in [5.41, 5.74) is 5.18. The number of halogens is 1. The first-order valence-electron chi connectivity index (χ1n) is 5.17. The lowest BCUT2D eigenvalue weighted by atomic mass is 10.3. The van der Waals surface area contributed by atoms with Crippen LogP contribution in [0, 0.1) is 0 Å². The van der Waals surface area contributed by atoms with Crippen molar-refractivity contribution >= 4 is 21.4 Å². The van der Waals surface area contributed by atoms with Crippen molar-refractivity contribution in [3.8, 4) is 0 Å². The summed E-state index contributed by atoms with van der Waals surface area (Å²) in [4.78, 5) is 0.260. The van der Waals surface area contributed by atoms with Gasteiger partial charge in [0, 0.05) is 12.1 Å². The molecule has 0 amide bonds. The minimum absolute atomic E-state index is 0.254. The van der Waals surface area contributed by atoms with Gasteiger partial charge in [0.15, 0.2) is 9.84 Å². The zero-order chi connectivity index (χ0) is 12.7. The first kappa shape index (κ1) is 12.8. The lowest BCUT2D eigenvalue weighted by Gasteiger charge is -2.10. The van der Waals surface area contributed by atoms with Crippen molar-refractivity contribution in [3.63, 3.8) is 0 Å². The van der Waals surface area contributed by atoms with Crippen LogP contribution in [0.4, 0.5) is 0 Å². The Bertz CT molecular complexity index is 514. The van der Waals surface area contributed by atoms with E-state index in [4.69, 9.17) is 22.1 Å². The smallest absolute Gasteiger partial charge is 0.183 e. The molecule has 0 saturated heterocycles. The Balaban J connectivity index is 2.25. The molecule has 0 aliphatic heterocycles. The summed E-state index contributed by atoms with van der Waals surface area (Å²) < 4.78 is 29.4. The summed E-state index contributed by atoms with van der Waals surface area (Å²) in [5, 5.41) is -0.0493. The number of sulfone groups is 1. The Morgan fingerprint density at radius 1 is 1.47 bits per heavy atom. The molecule has 2 rings (SSSR count). The van der Waals surface area contributed by atoms with Crippen LogP contribution < -0.4 is 5.73 Å².